The summed E-state index contributed by atoms with van der Waals surface area (Å²) in [5.41, 5.74) is 4.43. The van der Waals surface area contributed by atoms with Gasteiger partial charge in [-0.15, -0.1) is 0 Å². The molecule has 2 heterocycles. The topological polar surface area (TPSA) is 67.1 Å². The molecule has 0 N–H and O–H groups in total. The van der Waals surface area contributed by atoms with E-state index in [0.29, 0.717) is 0 Å². The Morgan fingerprint density at radius 2 is 0.946 bits per heavy atom. The third kappa shape index (κ3) is 8.03. The van der Waals surface area contributed by atoms with Crippen LogP contribution in [0.3, 0.4) is 0 Å². The molecule has 0 saturated heterocycles. The Morgan fingerprint density at radius 3 is 1.27 bits per heavy atom. The summed E-state index contributed by atoms with van der Waals surface area (Å²) in [6.45, 7) is 0. The second-order valence-corrected chi connectivity index (χ2v) is 8.93. The van der Waals surface area contributed by atoms with Crippen molar-refractivity contribution in [1.82, 2.24) is 9.13 Å². The van der Waals surface area contributed by atoms with Gasteiger partial charge < -0.3 is 0 Å². The minimum Gasteiger partial charge on any atom is -0.233 e. The number of unbranched alkanes of at least 4 members (excludes halogenated alkanes) is 2. The predicted octanol–water partition coefficient (Wildman–Crippen LogP) is 7.07. The van der Waals surface area contributed by atoms with E-state index in [2.05, 4.69) is 44.7 Å². The quantitative estimate of drug-likeness (QED) is 0.126. The van der Waals surface area contributed by atoms with E-state index < -0.39 is 0 Å². The van der Waals surface area contributed by atoms with Crippen molar-refractivity contribution in [2.24, 2.45) is 48.6 Å². The van der Waals surface area contributed by atoms with Gasteiger partial charge in [-0.1, -0.05) is 55.8 Å². The molecule has 0 aliphatic carbocycles. The standard InChI is InChI=1S/C27H34N8.2CH4/c1-32-18-19-33(2)26(32)30-28-24-14-10-22(11-15-24)8-6-5-7-9-23-12-16-25(17-13-23)29-31-27-34(3)20-21-35(27)4;;/h10-21H,5-9H2,1-4H3;2*1H4/q+2;;. The summed E-state index contributed by atoms with van der Waals surface area (Å²) in [4.78, 5) is 0. The lowest BCUT2D eigenvalue weighted by molar-refractivity contribution is -0.657. The molecule has 0 aliphatic heterocycles. The zero-order chi connectivity index (χ0) is 24.6. The van der Waals surface area contributed by atoms with E-state index in [1.54, 1.807) is 0 Å². The third-order valence-corrected chi connectivity index (χ3v) is 6.10. The molecule has 37 heavy (non-hydrogen) atoms. The van der Waals surface area contributed by atoms with Gasteiger partial charge in [0, 0.05) is 10.2 Å². The Hall–Kier alpha value is -3.94. The van der Waals surface area contributed by atoms with Crippen molar-refractivity contribution in [3.05, 3.63) is 84.4 Å². The van der Waals surface area contributed by atoms with Gasteiger partial charge in [0.1, 0.15) is 11.4 Å². The highest BCUT2D eigenvalue weighted by Crippen LogP contribution is 2.19. The minimum atomic E-state index is 0. The first-order chi connectivity index (χ1) is 17.0. The molecule has 2 aromatic heterocycles. The molecule has 0 unspecified atom stereocenters. The lowest BCUT2D eigenvalue weighted by Gasteiger charge is -2.03. The average Bonchev–Trinajstić information content (AvgIpc) is 3.37. The van der Waals surface area contributed by atoms with Gasteiger partial charge in [0.05, 0.1) is 53.0 Å². The van der Waals surface area contributed by atoms with Crippen LogP contribution in [-0.4, -0.2) is 9.13 Å². The molecular formula is C29H42N8+2. The van der Waals surface area contributed by atoms with Crippen LogP contribution < -0.4 is 9.13 Å². The highest BCUT2D eigenvalue weighted by atomic mass is 15.3. The van der Waals surface area contributed by atoms with E-state index in [-0.39, 0.29) is 14.9 Å². The molecule has 0 spiro atoms. The highest BCUT2D eigenvalue weighted by Gasteiger charge is 2.11. The molecule has 8 nitrogen and oxygen atoms in total. The molecular weight excluding hydrogens is 460 g/mol. The van der Waals surface area contributed by atoms with Crippen molar-refractivity contribution in [3.8, 4) is 0 Å². The van der Waals surface area contributed by atoms with Crippen molar-refractivity contribution in [3.63, 3.8) is 0 Å². The first kappa shape index (κ1) is 29.3. The summed E-state index contributed by atoms with van der Waals surface area (Å²) < 4.78 is 7.79. The van der Waals surface area contributed by atoms with E-state index in [9.17, 15) is 0 Å². The molecule has 0 fully saturated rings. The highest BCUT2D eigenvalue weighted by molar-refractivity contribution is 5.39. The second-order valence-electron chi connectivity index (χ2n) is 8.93. The third-order valence-electron chi connectivity index (χ3n) is 6.10. The number of hydrogen-bond donors (Lipinski definition) is 0. The number of benzene rings is 2. The van der Waals surface area contributed by atoms with Gasteiger partial charge in [0.25, 0.3) is 0 Å². The normalized spacial score (nSPS) is 11.1. The Labute approximate surface area is 221 Å². The maximum absolute atomic E-state index is 4.36. The monoisotopic (exact) mass is 502 g/mol. The van der Waals surface area contributed by atoms with Crippen LogP contribution in [0.4, 0.5) is 23.3 Å². The molecule has 0 atom stereocenters. The summed E-state index contributed by atoms with van der Waals surface area (Å²) in [7, 11) is 7.86. The molecule has 4 aromatic rings. The molecule has 196 valence electrons. The fraction of sp³-hybridized carbons (Fsp3) is 0.379. The Balaban J connectivity index is 0.00000241. The summed E-state index contributed by atoms with van der Waals surface area (Å²) in [6, 6.07) is 16.8. The van der Waals surface area contributed by atoms with Gasteiger partial charge in [-0.3, -0.25) is 0 Å². The zero-order valence-corrected chi connectivity index (χ0v) is 21.0. The number of imidazole rings is 2. The Bertz CT molecular complexity index is 1150. The molecule has 0 bridgehead atoms. The van der Waals surface area contributed by atoms with Crippen LogP contribution in [0, 0.1) is 0 Å². The van der Waals surface area contributed by atoms with Crippen LogP contribution >= 0.6 is 0 Å². The van der Waals surface area contributed by atoms with E-state index in [0.717, 1.165) is 36.1 Å². The lowest BCUT2D eigenvalue weighted by Crippen LogP contribution is -2.25. The van der Waals surface area contributed by atoms with E-state index in [4.69, 9.17) is 0 Å². The van der Waals surface area contributed by atoms with Crippen molar-refractivity contribution in [2.75, 3.05) is 0 Å². The Morgan fingerprint density at radius 1 is 0.568 bits per heavy atom. The number of nitrogens with zero attached hydrogens (tertiary/aromatic N) is 8. The lowest BCUT2D eigenvalue weighted by atomic mass is 10.0. The van der Waals surface area contributed by atoms with Gasteiger partial charge in [0.15, 0.2) is 0 Å². The van der Waals surface area contributed by atoms with Crippen molar-refractivity contribution < 1.29 is 9.13 Å². The molecule has 0 aliphatic rings. The molecule has 4 rings (SSSR count). The largest absolute Gasteiger partial charge is 0.421 e. The van der Waals surface area contributed by atoms with Gasteiger partial charge in [-0.05, 0) is 61.1 Å². The number of hydrogen-bond acceptors (Lipinski definition) is 4. The molecule has 0 saturated carbocycles. The maximum atomic E-state index is 4.36. The van der Waals surface area contributed by atoms with Crippen LogP contribution in [0.2, 0.25) is 0 Å². The number of azo groups is 2. The molecule has 0 radical (unpaired) electrons. The van der Waals surface area contributed by atoms with E-state index >= 15 is 0 Å². The zero-order valence-electron chi connectivity index (χ0n) is 21.0. The van der Waals surface area contributed by atoms with Crippen LogP contribution in [0.5, 0.6) is 0 Å². The fourth-order valence-electron chi connectivity index (χ4n) is 3.94. The first-order valence-electron chi connectivity index (χ1n) is 12.0. The van der Waals surface area contributed by atoms with Gasteiger partial charge in [-0.2, -0.15) is 0 Å². The van der Waals surface area contributed by atoms with Crippen molar-refractivity contribution in [1.29, 1.82) is 0 Å². The number of rotatable bonds is 10. The minimum absolute atomic E-state index is 0. The smallest absolute Gasteiger partial charge is 0.233 e. The first-order valence-corrected chi connectivity index (χ1v) is 12.0. The Kier molecular flexibility index (Phi) is 11.1. The summed E-state index contributed by atoms with van der Waals surface area (Å²) in [5.74, 6) is 1.63. The maximum Gasteiger partial charge on any atom is 0.421 e. The fourth-order valence-corrected chi connectivity index (χ4v) is 3.94. The van der Waals surface area contributed by atoms with Gasteiger partial charge in [0.2, 0.25) is 0 Å². The average molecular weight is 503 g/mol. The molecule has 8 heteroatoms. The van der Waals surface area contributed by atoms with Gasteiger partial charge in [-0.25, -0.2) is 18.3 Å². The van der Waals surface area contributed by atoms with E-state index in [1.165, 1.54) is 30.4 Å². The number of aromatic nitrogens is 4. The van der Waals surface area contributed by atoms with Gasteiger partial charge >= 0.3 is 11.9 Å². The van der Waals surface area contributed by atoms with Crippen molar-refractivity contribution in [2.45, 2.75) is 47.0 Å². The van der Waals surface area contributed by atoms with Crippen LogP contribution in [0.25, 0.3) is 0 Å². The predicted molar refractivity (Wildman–Crippen MR) is 149 cm³/mol. The number of aryl methyl sites for hydroxylation is 6. The molecule has 0 amide bonds. The SMILES string of the molecule is C.C.Cn1cc[n+](C)c1N=Nc1ccc(CCCCCc2ccc(N=Nc3n(C)cc[n+]3C)cc2)cc1. The summed E-state index contributed by atoms with van der Waals surface area (Å²) in [6.07, 6.45) is 13.6. The van der Waals surface area contributed by atoms with Crippen LogP contribution in [0.15, 0.2) is 93.8 Å². The van der Waals surface area contributed by atoms with Crippen LogP contribution in [-0.2, 0) is 41.0 Å². The summed E-state index contributed by atoms with van der Waals surface area (Å²) in [5, 5.41) is 17.4. The van der Waals surface area contributed by atoms with Crippen LogP contribution in [0.1, 0.15) is 45.2 Å². The second kappa shape index (κ2) is 14.0. The van der Waals surface area contributed by atoms with Crippen molar-refractivity contribution >= 4 is 23.3 Å². The summed E-state index contributed by atoms with van der Waals surface area (Å²) >= 11 is 0. The van der Waals surface area contributed by atoms with E-state index in [1.807, 2.05) is 95.5 Å². The molecule has 2 aromatic carbocycles.